The first-order chi connectivity index (χ1) is 7.92. The predicted octanol–water partition coefficient (Wildman–Crippen LogP) is 1.28. The molecule has 0 saturated carbocycles. The van der Waals surface area contributed by atoms with Gasteiger partial charge in [-0.1, -0.05) is 30.3 Å². The van der Waals surface area contributed by atoms with E-state index in [0.29, 0.717) is 6.04 Å². The fraction of sp³-hybridized carbons (Fsp3) is 0.538. The van der Waals surface area contributed by atoms with Crippen LogP contribution in [0.2, 0.25) is 0 Å². The minimum Gasteiger partial charge on any atom is -0.379 e. The van der Waals surface area contributed by atoms with Crippen molar-refractivity contribution >= 4 is 0 Å². The molecule has 0 bridgehead atoms. The zero-order valence-electron chi connectivity index (χ0n) is 9.86. The Kier molecular flexibility index (Phi) is 4.34. The number of nitrogens with one attached hydrogen (secondary N) is 1. The molecule has 0 spiro atoms. The van der Waals surface area contributed by atoms with Crippen molar-refractivity contribution in [3.8, 4) is 0 Å². The molecule has 1 atom stereocenters. The highest BCUT2D eigenvalue weighted by Gasteiger charge is 2.21. The SMILES string of the molecule is CNC[C@@H](c1ccccc1)N1CCOCC1. The second-order valence-electron chi connectivity index (χ2n) is 4.13. The second kappa shape index (κ2) is 5.99. The molecule has 1 aliphatic rings. The van der Waals surface area contributed by atoms with Crippen LogP contribution in [0.15, 0.2) is 30.3 Å². The molecule has 0 aliphatic carbocycles. The van der Waals surface area contributed by atoms with Crippen molar-refractivity contribution in [2.75, 3.05) is 39.9 Å². The van der Waals surface area contributed by atoms with E-state index in [1.54, 1.807) is 0 Å². The third-order valence-corrected chi connectivity index (χ3v) is 3.07. The number of morpholine rings is 1. The molecule has 1 aromatic carbocycles. The molecule has 1 fully saturated rings. The highest BCUT2D eigenvalue weighted by molar-refractivity contribution is 5.19. The third-order valence-electron chi connectivity index (χ3n) is 3.07. The van der Waals surface area contributed by atoms with Crippen LogP contribution in [0.4, 0.5) is 0 Å². The molecule has 0 amide bonds. The summed E-state index contributed by atoms with van der Waals surface area (Å²) in [5.41, 5.74) is 1.39. The molecular formula is C13H20N2O. The Labute approximate surface area is 97.4 Å². The van der Waals surface area contributed by atoms with Gasteiger partial charge in [-0.05, 0) is 12.6 Å². The number of hydrogen-bond acceptors (Lipinski definition) is 3. The molecule has 88 valence electrons. The van der Waals surface area contributed by atoms with E-state index < -0.39 is 0 Å². The van der Waals surface area contributed by atoms with Gasteiger partial charge in [0.05, 0.1) is 13.2 Å². The Morgan fingerprint density at radius 3 is 2.56 bits per heavy atom. The van der Waals surface area contributed by atoms with E-state index >= 15 is 0 Å². The molecule has 1 N–H and O–H groups in total. The minimum absolute atomic E-state index is 0.468. The van der Waals surface area contributed by atoms with Crippen LogP contribution in [0.1, 0.15) is 11.6 Å². The maximum atomic E-state index is 5.40. The quantitative estimate of drug-likeness (QED) is 0.827. The fourth-order valence-corrected chi connectivity index (χ4v) is 2.22. The first kappa shape index (κ1) is 11.6. The van der Waals surface area contributed by atoms with Crippen LogP contribution in [0, 0.1) is 0 Å². The minimum atomic E-state index is 0.468. The largest absolute Gasteiger partial charge is 0.379 e. The topological polar surface area (TPSA) is 24.5 Å². The van der Waals surface area contributed by atoms with Crippen molar-refractivity contribution in [2.45, 2.75) is 6.04 Å². The molecule has 1 aliphatic heterocycles. The number of ether oxygens (including phenoxy) is 1. The summed E-state index contributed by atoms with van der Waals surface area (Å²) in [6.45, 7) is 4.76. The molecular weight excluding hydrogens is 200 g/mol. The molecule has 16 heavy (non-hydrogen) atoms. The van der Waals surface area contributed by atoms with Gasteiger partial charge in [-0.2, -0.15) is 0 Å². The molecule has 0 unspecified atom stereocenters. The molecule has 0 radical (unpaired) electrons. The fourth-order valence-electron chi connectivity index (χ4n) is 2.22. The van der Waals surface area contributed by atoms with Gasteiger partial charge in [0, 0.05) is 25.7 Å². The lowest BCUT2D eigenvalue weighted by Crippen LogP contribution is -2.42. The number of rotatable bonds is 4. The maximum Gasteiger partial charge on any atom is 0.0594 e. The lowest BCUT2D eigenvalue weighted by molar-refractivity contribution is 0.0165. The smallest absolute Gasteiger partial charge is 0.0594 e. The van der Waals surface area contributed by atoms with Gasteiger partial charge in [0.15, 0.2) is 0 Å². The van der Waals surface area contributed by atoms with Crippen LogP contribution in [-0.2, 0) is 4.74 Å². The van der Waals surface area contributed by atoms with Crippen molar-refractivity contribution in [3.05, 3.63) is 35.9 Å². The standard InChI is InChI=1S/C13H20N2O/c1-14-11-13(12-5-3-2-4-6-12)15-7-9-16-10-8-15/h2-6,13-14H,7-11H2,1H3/t13-/m0/s1. The lowest BCUT2D eigenvalue weighted by atomic mass is 10.0. The van der Waals surface area contributed by atoms with E-state index in [9.17, 15) is 0 Å². The second-order valence-corrected chi connectivity index (χ2v) is 4.13. The normalized spacial score (nSPS) is 19.6. The highest BCUT2D eigenvalue weighted by atomic mass is 16.5. The van der Waals surface area contributed by atoms with E-state index in [-0.39, 0.29) is 0 Å². The molecule has 2 rings (SSSR count). The van der Waals surface area contributed by atoms with Crippen LogP contribution in [0.5, 0.6) is 0 Å². The van der Waals surface area contributed by atoms with Gasteiger partial charge in [0.2, 0.25) is 0 Å². The van der Waals surface area contributed by atoms with Gasteiger partial charge in [0.25, 0.3) is 0 Å². The molecule has 3 heteroatoms. The Balaban J connectivity index is 2.09. The van der Waals surface area contributed by atoms with Crippen LogP contribution in [0.25, 0.3) is 0 Å². The lowest BCUT2D eigenvalue weighted by Gasteiger charge is -2.34. The number of hydrogen-bond donors (Lipinski definition) is 1. The first-order valence-electron chi connectivity index (χ1n) is 5.93. The van der Waals surface area contributed by atoms with Crippen LogP contribution < -0.4 is 5.32 Å². The monoisotopic (exact) mass is 220 g/mol. The zero-order chi connectivity index (χ0) is 11.2. The summed E-state index contributed by atoms with van der Waals surface area (Å²) < 4.78 is 5.40. The van der Waals surface area contributed by atoms with Crippen LogP contribution >= 0.6 is 0 Å². The molecule has 1 heterocycles. The van der Waals surface area contributed by atoms with Crippen molar-refractivity contribution < 1.29 is 4.74 Å². The first-order valence-corrected chi connectivity index (χ1v) is 5.93. The Morgan fingerprint density at radius 2 is 1.94 bits per heavy atom. The molecule has 0 aromatic heterocycles. The zero-order valence-corrected chi connectivity index (χ0v) is 9.86. The van der Waals surface area contributed by atoms with E-state index in [1.807, 2.05) is 7.05 Å². The van der Waals surface area contributed by atoms with Crippen molar-refractivity contribution in [3.63, 3.8) is 0 Å². The van der Waals surface area contributed by atoms with Gasteiger partial charge < -0.3 is 10.1 Å². The Hall–Kier alpha value is -0.900. The van der Waals surface area contributed by atoms with Gasteiger partial charge in [-0.25, -0.2) is 0 Å². The molecule has 3 nitrogen and oxygen atoms in total. The van der Waals surface area contributed by atoms with Gasteiger partial charge in [0.1, 0.15) is 0 Å². The summed E-state index contributed by atoms with van der Waals surface area (Å²) in [6.07, 6.45) is 0. The number of benzene rings is 1. The van der Waals surface area contributed by atoms with Gasteiger partial charge in [-0.3, -0.25) is 4.90 Å². The Morgan fingerprint density at radius 1 is 1.25 bits per heavy atom. The van der Waals surface area contributed by atoms with Crippen molar-refractivity contribution in [1.82, 2.24) is 10.2 Å². The molecule has 1 aromatic rings. The van der Waals surface area contributed by atoms with Crippen LogP contribution in [0.3, 0.4) is 0 Å². The average Bonchev–Trinajstić information content (AvgIpc) is 2.38. The van der Waals surface area contributed by atoms with E-state index in [1.165, 1.54) is 5.56 Å². The third kappa shape index (κ3) is 2.82. The summed E-state index contributed by atoms with van der Waals surface area (Å²) >= 11 is 0. The van der Waals surface area contributed by atoms with Gasteiger partial charge in [-0.15, -0.1) is 0 Å². The van der Waals surface area contributed by atoms with Crippen molar-refractivity contribution in [1.29, 1.82) is 0 Å². The maximum absolute atomic E-state index is 5.40. The van der Waals surface area contributed by atoms with Crippen molar-refractivity contribution in [2.24, 2.45) is 0 Å². The summed E-state index contributed by atoms with van der Waals surface area (Å²) in [7, 11) is 2.01. The van der Waals surface area contributed by atoms with E-state index in [2.05, 4.69) is 40.5 Å². The van der Waals surface area contributed by atoms with Gasteiger partial charge >= 0.3 is 0 Å². The summed E-state index contributed by atoms with van der Waals surface area (Å²) in [6, 6.07) is 11.2. The van der Waals surface area contributed by atoms with E-state index in [0.717, 1.165) is 32.8 Å². The Bertz CT molecular complexity index is 296. The summed E-state index contributed by atoms with van der Waals surface area (Å²) in [4.78, 5) is 2.50. The predicted molar refractivity (Wildman–Crippen MR) is 65.5 cm³/mol. The summed E-state index contributed by atoms with van der Waals surface area (Å²) in [5, 5.41) is 3.28. The van der Waals surface area contributed by atoms with E-state index in [4.69, 9.17) is 4.74 Å². The molecule has 1 saturated heterocycles. The summed E-state index contributed by atoms with van der Waals surface area (Å²) in [5.74, 6) is 0. The average molecular weight is 220 g/mol. The number of nitrogens with zero attached hydrogens (tertiary/aromatic N) is 1. The number of likely N-dealkylation sites (N-methyl/N-ethyl adjacent to an activating group) is 1. The van der Waals surface area contributed by atoms with Crippen LogP contribution in [-0.4, -0.2) is 44.8 Å². The highest BCUT2D eigenvalue weighted by Crippen LogP contribution is 2.20.